The van der Waals surface area contributed by atoms with Crippen LogP contribution in [-0.4, -0.2) is 0 Å². The molecule has 0 saturated carbocycles. The molecule has 0 N–H and O–H groups in total. The Balaban J connectivity index is 1.92. The number of hydrogen-bond acceptors (Lipinski definition) is 1. The van der Waals surface area contributed by atoms with Gasteiger partial charge in [0.15, 0.2) is 0 Å². The lowest BCUT2D eigenvalue weighted by atomic mass is 9.77. The highest BCUT2D eigenvalue weighted by Crippen LogP contribution is 2.45. The second-order valence-electron chi connectivity index (χ2n) is 8.76. The van der Waals surface area contributed by atoms with Crippen LogP contribution in [0.1, 0.15) is 37.4 Å². The van der Waals surface area contributed by atoms with Crippen LogP contribution in [0.25, 0.3) is 42.4 Å². The van der Waals surface area contributed by atoms with Crippen molar-refractivity contribution in [2.45, 2.75) is 33.1 Å². The molecule has 1 aromatic heterocycles. The maximum atomic E-state index is 8.71. The van der Waals surface area contributed by atoms with E-state index in [0.717, 1.165) is 22.3 Å². The Morgan fingerprint density at radius 1 is 0.700 bits per heavy atom. The van der Waals surface area contributed by atoms with E-state index in [1.165, 1.54) is 20.2 Å². The van der Waals surface area contributed by atoms with Gasteiger partial charge >= 0.3 is 0 Å². The van der Waals surface area contributed by atoms with E-state index in [2.05, 4.69) is 69.3 Å². The SMILES string of the molecule is [2H]c1c([2H])c(-c2cccc(-c3cccc4sc5ccccc5c34)c2C(C)(C)C)c([2H])c([2H])c1C. The molecular formula is C29H26S. The van der Waals surface area contributed by atoms with Crippen LogP contribution in [0.15, 0.2) is 84.8 Å². The molecule has 1 heterocycles. The Morgan fingerprint density at radius 2 is 1.33 bits per heavy atom. The summed E-state index contributed by atoms with van der Waals surface area (Å²) in [5.74, 6) is 0. The first-order valence-electron chi connectivity index (χ1n) is 12.2. The molecule has 0 aliphatic rings. The van der Waals surface area contributed by atoms with Crippen molar-refractivity contribution in [3.05, 3.63) is 96.0 Å². The standard InChI is InChI=1S/C29H26S/c1-19-15-17-20(18-16-19)21-10-7-12-23(28(21)29(2,3)4)22-11-8-14-26-27(22)24-9-5-6-13-25(24)30-26/h5-18H,1-4H3/i15D,16D,17D,18D. The van der Waals surface area contributed by atoms with Crippen molar-refractivity contribution in [1.82, 2.24) is 0 Å². The third kappa shape index (κ3) is 3.14. The third-order valence-electron chi connectivity index (χ3n) is 5.53. The second-order valence-corrected chi connectivity index (χ2v) is 9.84. The van der Waals surface area contributed by atoms with E-state index < -0.39 is 0 Å². The molecule has 5 aromatic rings. The van der Waals surface area contributed by atoms with Gasteiger partial charge in [0, 0.05) is 20.2 Å². The van der Waals surface area contributed by atoms with Gasteiger partial charge < -0.3 is 0 Å². The molecule has 30 heavy (non-hydrogen) atoms. The molecule has 148 valence electrons. The Morgan fingerprint density at radius 3 is 2.10 bits per heavy atom. The summed E-state index contributed by atoms with van der Waals surface area (Å²) in [4.78, 5) is 0. The summed E-state index contributed by atoms with van der Waals surface area (Å²) < 4.78 is 36.7. The first-order valence-corrected chi connectivity index (χ1v) is 11.0. The number of thiophene rings is 1. The van der Waals surface area contributed by atoms with Crippen molar-refractivity contribution in [2.24, 2.45) is 0 Å². The predicted octanol–water partition coefficient (Wildman–Crippen LogP) is 8.99. The van der Waals surface area contributed by atoms with E-state index in [1.807, 2.05) is 12.1 Å². The van der Waals surface area contributed by atoms with Gasteiger partial charge in [0.25, 0.3) is 0 Å². The van der Waals surface area contributed by atoms with Gasteiger partial charge in [0.05, 0.1) is 5.48 Å². The van der Waals surface area contributed by atoms with Crippen molar-refractivity contribution in [1.29, 1.82) is 0 Å². The summed E-state index contributed by atoms with van der Waals surface area (Å²) in [5, 5.41) is 2.44. The van der Waals surface area contributed by atoms with Crippen LogP contribution in [0.5, 0.6) is 0 Å². The summed E-state index contributed by atoms with van der Waals surface area (Å²) in [6.45, 7) is 8.08. The maximum Gasteiger partial charge on any atom is 0.0629 e. The van der Waals surface area contributed by atoms with Crippen LogP contribution in [-0.2, 0) is 5.41 Å². The van der Waals surface area contributed by atoms with E-state index in [9.17, 15) is 0 Å². The molecule has 0 bridgehead atoms. The van der Waals surface area contributed by atoms with Crippen LogP contribution >= 0.6 is 11.3 Å². The minimum Gasteiger partial charge on any atom is -0.135 e. The largest absolute Gasteiger partial charge is 0.135 e. The lowest BCUT2D eigenvalue weighted by Crippen LogP contribution is -2.14. The first kappa shape index (κ1) is 15.0. The summed E-state index contributed by atoms with van der Waals surface area (Å²) in [5.41, 5.74) is 4.44. The highest BCUT2D eigenvalue weighted by atomic mass is 32.1. The molecule has 0 unspecified atom stereocenters. The van der Waals surface area contributed by atoms with E-state index in [4.69, 9.17) is 5.48 Å². The minimum atomic E-state index is -0.298. The van der Waals surface area contributed by atoms with Gasteiger partial charge in [-0.15, -0.1) is 11.3 Å². The van der Waals surface area contributed by atoms with Crippen molar-refractivity contribution >= 4 is 31.5 Å². The Hall–Kier alpha value is -2.90. The Bertz CT molecular complexity index is 1560. The Labute approximate surface area is 188 Å². The average Bonchev–Trinajstić information content (AvgIpc) is 3.19. The van der Waals surface area contributed by atoms with Gasteiger partial charge in [-0.2, -0.15) is 0 Å². The normalized spacial score (nSPS) is 13.9. The van der Waals surface area contributed by atoms with Crippen LogP contribution in [0.4, 0.5) is 0 Å². The Kier molecular flexibility index (Phi) is 3.55. The van der Waals surface area contributed by atoms with E-state index >= 15 is 0 Å². The number of benzene rings is 4. The lowest BCUT2D eigenvalue weighted by Gasteiger charge is -2.27. The van der Waals surface area contributed by atoms with Crippen molar-refractivity contribution < 1.29 is 5.48 Å². The molecule has 0 saturated heterocycles. The zero-order chi connectivity index (χ0) is 24.4. The molecule has 0 radical (unpaired) electrons. The molecule has 0 fully saturated rings. The van der Waals surface area contributed by atoms with Gasteiger partial charge in [0.2, 0.25) is 0 Å². The topological polar surface area (TPSA) is 0 Å². The number of hydrogen-bond donors (Lipinski definition) is 0. The molecule has 5 rings (SSSR count). The third-order valence-corrected chi connectivity index (χ3v) is 6.66. The fourth-order valence-corrected chi connectivity index (χ4v) is 5.43. The van der Waals surface area contributed by atoms with Crippen LogP contribution < -0.4 is 0 Å². The van der Waals surface area contributed by atoms with E-state index in [-0.39, 0.29) is 29.6 Å². The van der Waals surface area contributed by atoms with E-state index in [0.29, 0.717) is 11.1 Å². The van der Waals surface area contributed by atoms with E-state index in [1.54, 1.807) is 18.3 Å². The highest BCUT2D eigenvalue weighted by Gasteiger charge is 2.24. The van der Waals surface area contributed by atoms with Gasteiger partial charge in [-0.1, -0.05) is 99.0 Å². The number of rotatable bonds is 2. The maximum absolute atomic E-state index is 8.71. The molecule has 0 atom stereocenters. The molecule has 4 aromatic carbocycles. The lowest BCUT2D eigenvalue weighted by molar-refractivity contribution is 0.594. The van der Waals surface area contributed by atoms with Crippen molar-refractivity contribution in [3.8, 4) is 22.3 Å². The fraction of sp³-hybridized carbons (Fsp3) is 0.172. The summed E-state index contributed by atoms with van der Waals surface area (Å²) in [6.07, 6.45) is 0. The second kappa shape index (κ2) is 7.11. The molecule has 0 amide bonds. The molecule has 0 aliphatic carbocycles. The summed E-state index contributed by atoms with van der Waals surface area (Å²) >= 11 is 1.79. The monoisotopic (exact) mass is 410 g/mol. The zero-order valence-electron chi connectivity index (χ0n) is 21.7. The van der Waals surface area contributed by atoms with Crippen LogP contribution in [0.3, 0.4) is 0 Å². The predicted molar refractivity (Wildman–Crippen MR) is 134 cm³/mol. The molecule has 1 heteroatoms. The highest BCUT2D eigenvalue weighted by molar-refractivity contribution is 7.25. The van der Waals surface area contributed by atoms with Crippen LogP contribution in [0.2, 0.25) is 0 Å². The first-order chi connectivity index (χ1) is 16.1. The zero-order valence-corrected chi connectivity index (χ0v) is 18.5. The summed E-state index contributed by atoms with van der Waals surface area (Å²) in [7, 11) is 0. The smallest absolute Gasteiger partial charge is 0.0629 e. The molecule has 0 spiro atoms. The number of fused-ring (bicyclic) bond motifs is 3. The van der Waals surface area contributed by atoms with Gasteiger partial charge in [0.1, 0.15) is 0 Å². The average molecular weight is 411 g/mol. The van der Waals surface area contributed by atoms with Gasteiger partial charge in [-0.05, 0) is 52.3 Å². The quantitative estimate of drug-likeness (QED) is 0.272. The molecule has 0 aliphatic heterocycles. The minimum absolute atomic E-state index is 0.0142. The fourth-order valence-electron chi connectivity index (χ4n) is 4.30. The summed E-state index contributed by atoms with van der Waals surface area (Å²) in [6, 6.07) is 21.0. The molecule has 0 nitrogen and oxygen atoms in total. The van der Waals surface area contributed by atoms with Gasteiger partial charge in [-0.3, -0.25) is 0 Å². The van der Waals surface area contributed by atoms with Crippen molar-refractivity contribution in [2.75, 3.05) is 0 Å². The van der Waals surface area contributed by atoms with Crippen LogP contribution in [0, 0.1) is 6.92 Å². The van der Waals surface area contributed by atoms with Gasteiger partial charge in [-0.25, -0.2) is 0 Å². The molecular weight excluding hydrogens is 380 g/mol. The van der Waals surface area contributed by atoms with Crippen molar-refractivity contribution in [3.63, 3.8) is 0 Å².